The third-order valence-electron chi connectivity index (χ3n) is 3.97. The average Bonchev–Trinajstić information content (AvgIpc) is 2.96. The fourth-order valence-electron chi connectivity index (χ4n) is 2.82. The predicted molar refractivity (Wildman–Crippen MR) is 111 cm³/mol. The van der Waals surface area contributed by atoms with E-state index in [2.05, 4.69) is 25.6 Å². The van der Waals surface area contributed by atoms with Crippen LogP contribution in [0.4, 0.5) is 10.7 Å². The normalized spacial score (nSPS) is 15.9. The van der Waals surface area contributed by atoms with Crippen molar-refractivity contribution in [2.45, 2.75) is 38.8 Å². The summed E-state index contributed by atoms with van der Waals surface area (Å²) < 4.78 is 10.6. The zero-order valence-corrected chi connectivity index (χ0v) is 18.4. The van der Waals surface area contributed by atoms with Gasteiger partial charge in [0.25, 0.3) is 5.91 Å². The number of hydrogen-bond donors (Lipinski definition) is 3. The molecule has 1 atom stereocenters. The number of aromatic amines is 1. The molecule has 2 aromatic rings. The molecule has 0 bridgehead atoms. The summed E-state index contributed by atoms with van der Waals surface area (Å²) in [5.41, 5.74) is 1.49. The number of esters is 1. The van der Waals surface area contributed by atoms with Gasteiger partial charge in [-0.05, 0) is 49.4 Å². The van der Waals surface area contributed by atoms with Crippen molar-refractivity contribution in [2.24, 2.45) is 0 Å². The lowest BCUT2D eigenvalue weighted by Gasteiger charge is -2.21. The first-order valence-corrected chi connectivity index (χ1v) is 9.79. The first-order chi connectivity index (χ1) is 13.6. The van der Waals surface area contributed by atoms with Crippen molar-refractivity contribution in [3.05, 3.63) is 27.1 Å². The molecule has 0 aliphatic carbocycles. The number of halogens is 1. The van der Waals surface area contributed by atoms with Gasteiger partial charge in [0, 0.05) is 18.3 Å². The van der Waals surface area contributed by atoms with Crippen LogP contribution in [-0.4, -0.2) is 51.7 Å². The topological polar surface area (TPSA) is 135 Å². The second kappa shape index (κ2) is 7.97. The van der Waals surface area contributed by atoms with Crippen LogP contribution in [0.2, 0.25) is 0 Å². The Morgan fingerprint density at radius 2 is 2.07 bits per heavy atom. The van der Waals surface area contributed by atoms with E-state index in [0.29, 0.717) is 26.2 Å². The molecule has 1 unspecified atom stereocenters. The average molecular weight is 513 g/mol. The van der Waals surface area contributed by atoms with Crippen LogP contribution >= 0.6 is 22.6 Å². The van der Waals surface area contributed by atoms with Gasteiger partial charge in [-0.15, -0.1) is 0 Å². The maximum Gasteiger partial charge on any atom is 0.414 e. The van der Waals surface area contributed by atoms with Crippen LogP contribution in [-0.2, 0) is 20.7 Å². The van der Waals surface area contributed by atoms with Gasteiger partial charge in [0.1, 0.15) is 11.6 Å². The summed E-state index contributed by atoms with van der Waals surface area (Å²) in [6.45, 7) is 5.26. The summed E-state index contributed by atoms with van der Waals surface area (Å²) in [5, 5.41) is 5.13. The van der Waals surface area contributed by atoms with Crippen molar-refractivity contribution in [3.63, 3.8) is 0 Å². The number of nitrogens with one attached hydrogen (secondary N) is 3. The van der Waals surface area contributed by atoms with E-state index in [-0.39, 0.29) is 18.3 Å². The summed E-state index contributed by atoms with van der Waals surface area (Å²) in [7, 11) is 1.27. The van der Waals surface area contributed by atoms with Crippen LogP contribution in [0.15, 0.2) is 12.3 Å². The lowest BCUT2D eigenvalue weighted by molar-refractivity contribution is -0.142. The Kier molecular flexibility index (Phi) is 5.78. The van der Waals surface area contributed by atoms with Gasteiger partial charge in [0.2, 0.25) is 5.95 Å². The van der Waals surface area contributed by atoms with E-state index in [1.54, 1.807) is 26.8 Å². The van der Waals surface area contributed by atoms with Gasteiger partial charge >= 0.3 is 12.1 Å². The molecule has 3 N–H and O–H groups in total. The molecule has 0 saturated carbocycles. The standard InChI is InChI=1S/C18H20IN5O5/c1-18(2,3)29-17(27)24-16-20-6-5-8(23-16)13-12(19)11-9(21-13)7-10(15(26)28-4)22-14(11)25/h5-6,10,21H,7H2,1-4H3,(H,22,25)(H,20,23,24,27). The van der Waals surface area contributed by atoms with Crippen LogP contribution < -0.4 is 10.6 Å². The Balaban J connectivity index is 1.88. The molecule has 2 amide bonds. The number of carbonyl (C=O) groups is 3. The number of methoxy groups -OCH3 is 1. The van der Waals surface area contributed by atoms with Gasteiger partial charge in [0.05, 0.1) is 27.6 Å². The second-order valence-electron chi connectivity index (χ2n) is 7.31. The van der Waals surface area contributed by atoms with E-state index in [1.807, 2.05) is 22.6 Å². The van der Waals surface area contributed by atoms with Crippen molar-refractivity contribution >= 4 is 46.5 Å². The molecular weight excluding hydrogens is 493 g/mol. The molecule has 1 aliphatic rings. The number of ether oxygens (including phenoxy) is 2. The fraction of sp³-hybridized carbons (Fsp3) is 0.389. The molecule has 3 heterocycles. The second-order valence-corrected chi connectivity index (χ2v) is 8.39. The van der Waals surface area contributed by atoms with Gasteiger partial charge in [-0.2, -0.15) is 0 Å². The molecule has 0 spiro atoms. The highest BCUT2D eigenvalue weighted by molar-refractivity contribution is 14.1. The Bertz CT molecular complexity index is 982. The van der Waals surface area contributed by atoms with Crippen LogP contribution in [0.1, 0.15) is 36.8 Å². The van der Waals surface area contributed by atoms with E-state index in [0.717, 1.165) is 0 Å². The third kappa shape index (κ3) is 4.66. The van der Waals surface area contributed by atoms with Gasteiger partial charge < -0.3 is 19.8 Å². The molecule has 154 valence electrons. The highest BCUT2D eigenvalue weighted by Crippen LogP contribution is 2.31. The number of amides is 2. The van der Waals surface area contributed by atoms with Crippen molar-refractivity contribution in [1.82, 2.24) is 20.3 Å². The molecule has 0 saturated heterocycles. The lowest BCUT2D eigenvalue weighted by atomic mass is 10.0. The molecule has 0 fully saturated rings. The molecule has 1 aliphatic heterocycles. The van der Waals surface area contributed by atoms with E-state index in [1.165, 1.54) is 13.3 Å². The summed E-state index contributed by atoms with van der Waals surface area (Å²) >= 11 is 2.05. The number of H-pyrrole nitrogens is 1. The molecule has 2 aromatic heterocycles. The number of fused-ring (bicyclic) bond motifs is 1. The van der Waals surface area contributed by atoms with Gasteiger partial charge in [-0.1, -0.05) is 0 Å². The number of hydrogen-bond acceptors (Lipinski definition) is 7. The molecule has 10 nitrogen and oxygen atoms in total. The first-order valence-electron chi connectivity index (χ1n) is 8.71. The maximum absolute atomic E-state index is 12.5. The monoisotopic (exact) mass is 513 g/mol. The quantitative estimate of drug-likeness (QED) is 0.423. The van der Waals surface area contributed by atoms with E-state index < -0.39 is 23.7 Å². The molecule has 29 heavy (non-hydrogen) atoms. The van der Waals surface area contributed by atoms with Gasteiger partial charge in [-0.25, -0.2) is 19.6 Å². The summed E-state index contributed by atoms with van der Waals surface area (Å²) in [6.07, 6.45) is 1.09. The first kappa shape index (κ1) is 21.0. The SMILES string of the molecule is COC(=O)C1Cc2[nH]c(-c3ccnc(NC(=O)OC(C)(C)C)n3)c(I)c2C(=O)N1. The predicted octanol–water partition coefficient (Wildman–Crippen LogP) is 2.25. The Morgan fingerprint density at radius 3 is 2.72 bits per heavy atom. The Labute approximate surface area is 180 Å². The molecular formula is C18H20IN5O5. The summed E-state index contributed by atoms with van der Waals surface area (Å²) in [4.78, 5) is 47.8. The molecule has 11 heteroatoms. The van der Waals surface area contributed by atoms with Crippen LogP contribution in [0, 0.1) is 3.57 Å². The van der Waals surface area contributed by atoms with Gasteiger partial charge in [0.15, 0.2) is 0 Å². The van der Waals surface area contributed by atoms with Crippen molar-refractivity contribution in [1.29, 1.82) is 0 Å². The zero-order chi connectivity index (χ0) is 21.3. The third-order valence-corrected chi connectivity index (χ3v) is 5.05. The number of nitrogens with zero attached hydrogens (tertiary/aromatic N) is 2. The van der Waals surface area contributed by atoms with Crippen molar-refractivity contribution in [3.8, 4) is 11.4 Å². The lowest BCUT2D eigenvalue weighted by Crippen LogP contribution is -2.46. The number of rotatable bonds is 3. The van der Waals surface area contributed by atoms with E-state index >= 15 is 0 Å². The zero-order valence-electron chi connectivity index (χ0n) is 16.3. The van der Waals surface area contributed by atoms with Crippen molar-refractivity contribution < 1.29 is 23.9 Å². The molecule has 0 aromatic carbocycles. The van der Waals surface area contributed by atoms with E-state index in [4.69, 9.17) is 9.47 Å². The van der Waals surface area contributed by atoms with Crippen LogP contribution in [0.25, 0.3) is 11.4 Å². The van der Waals surface area contributed by atoms with Crippen molar-refractivity contribution in [2.75, 3.05) is 12.4 Å². The Hall–Kier alpha value is -2.70. The van der Waals surface area contributed by atoms with E-state index in [9.17, 15) is 14.4 Å². The minimum Gasteiger partial charge on any atom is -0.467 e. The number of carbonyl (C=O) groups excluding carboxylic acids is 3. The number of aromatic nitrogens is 3. The highest BCUT2D eigenvalue weighted by atomic mass is 127. The van der Waals surface area contributed by atoms with Gasteiger partial charge in [-0.3, -0.25) is 10.1 Å². The maximum atomic E-state index is 12.5. The minimum absolute atomic E-state index is 0.0667. The Morgan fingerprint density at radius 1 is 1.34 bits per heavy atom. The molecule has 0 radical (unpaired) electrons. The number of anilines is 1. The molecule has 3 rings (SSSR count). The minimum atomic E-state index is -0.753. The smallest absolute Gasteiger partial charge is 0.414 e. The van der Waals surface area contributed by atoms with Crippen LogP contribution in [0.5, 0.6) is 0 Å². The largest absolute Gasteiger partial charge is 0.467 e. The van der Waals surface area contributed by atoms with Crippen LogP contribution in [0.3, 0.4) is 0 Å². The summed E-state index contributed by atoms with van der Waals surface area (Å²) in [5.74, 6) is -0.812. The fourth-order valence-corrected chi connectivity index (χ4v) is 3.80. The highest BCUT2D eigenvalue weighted by Gasteiger charge is 2.34. The summed E-state index contributed by atoms with van der Waals surface area (Å²) in [6, 6.07) is 0.896.